The Morgan fingerprint density at radius 1 is 1.00 bits per heavy atom. The van der Waals surface area contributed by atoms with Gasteiger partial charge in [0.2, 0.25) is 0 Å². The van der Waals surface area contributed by atoms with Crippen molar-refractivity contribution in [3.8, 4) is 5.69 Å². The number of nitrogens with one attached hydrogen (secondary N) is 2. The Hall–Kier alpha value is -4.36. The molecule has 1 heterocycles. The van der Waals surface area contributed by atoms with E-state index in [9.17, 15) is 23.3 Å². The van der Waals surface area contributed by atoms with Crippen molar-refractivity contribution in [2.45, 2.75) is 4.90 Å². The molecule has 14 heteroatoms. The van der Waals surface area contributed by atoms with E-state index in [-0.39, 0.29) is 21.2 Å². The van der Waals surface area contributed by atoms with Crippen molar-refractivity contribution in [1.82, 2.24) is 20.2 Å². The zero-order valence-electron chi connectivity index (χ0n) is 17.0. The van der Waals surface area contributed by atoms with Gasteiger partial charge in [-0.25, -0.2) is 13.1 Å². The molecule has 0 fully saturated rings. The zero-order valence-corrected chi connectivity index (χ0v) is 18.6. The van der Waals surface area contributed by atoms with Gasteiger partial charge in [0, 0.05) is 23.0 Å². The summed E-state index contributed by atoms with van der Waals surface area (Å²) in [5, 5.41) is 24.5. The van der Waals surface area contributed by atoms with Gasteiger partial charge in [-0.05, 0) is 71.1 Å². The average molecular weight is 500 g/mol. The fourth-order valence-electron chi connectivity index (χ4n) is 2.88. The van der Waals surface area contributed by atoms with E-state index in [1.54, 1.807) is 24.3 Å². The summed E-state index contributed by atoms with van der Waals surface area (Å²) < 4.78 is 29.0. The Morgan fingerprint density at radius 3 is 2.29 bits per heavy atom. The summed E-state index contributed by atoms with van der Waals surface area (Å²) in [6, 6.07) is 15.7. The van der Waals surface area contributed by atoms with E-state index in [2.05, 4.69) is 25.6 Å². The van der Waals surface area contributed by atoms with Crippen LogP contribution in [-0.4, -0.2) is 39.5 Å². The molecule has 0 saturated heterocycles. The summed E-state index contributed by atoms with van der Waals surface area (Å²) in [5.74, 6) is -0.405. The highest BCUT2D eigenvalue weighted by Gasteiger charge is 2.21. The number of nitro groups is 1. The second-order valence-corrected chi connectivity index (χ2v) is 8.90. The predicted octanol–water partition coefficient (Wildman–Crippen LogP) is 3.28. The van der Waals surface area contributed by atoms with Crippen molar-refractivity contribution >= 4 is 44.6 Å². The molecule has 0 atom stereocenters. The number of anilines is 2. The van der Waals surface area contributed by atoms with E-state index < -0.39 is 26.5 Å². The van der Waals surface area contributed by atoms with Gasteiger partial charge in [0.15, 0.2) is 0 Å². The number of benzene rings is 3. The van der Waals surface area contributed by atoms with Crippen LogP contribution < -0.4 is 10.0 Å². The topological polar surface area (TPSA) is 162 Å². The molecular formula is C20H14ClN7O5S. The number of hydrogen-bond donors (Lipinski definition) is 2. The first kappa shape index (κ1) is 22.8. The van der Waals surface area contributed by atoms with Crippen LogP contribution in [0, 0.1) is 10.1 Å². The molecule has 2 N–H and O–H groups in total. The van der Waals surface area contributed by atoms with Crippen LogP contribution >= 0.6 is 11.6 Å². The molecule has 0 radical (unpaired) electrons. The lowest BCUT2D eigenvalue weighted by molar-refractivity contribution is -0.384. The summed E-state index contributed by atoms with van der Waals surface area (Å²) in [7, 11) is -4.12. The van der Waals surface area contributed by atoms with Gasteiger partial charge in [-0.2, -0.15) is 0 Å². The molecular weight excluding hydrogens is 486 g/mol. The maximum atomic E-state index is 12.6. The maximum Gasteiger partial charge on any atom is 0.289 e. The largest absolute Gasteiger partial charge is 0.322 e. The van der Waals surface area contributed by atoms with E-state index in [4.69, 9.17) is 11.6 Å². The zero-order chi connectivity index (χ0) is 24.3. The number of rotatable bonds is 7. The van der Waals surface area contributed by atoms with Crippen LogP contribution in [0.2, 0.25) is 5.02 Å². The average Bonchev–Trinajstić information content (AvgIpc) is 3.35. The van der Waals surface area contributed by atoms with Gasteiger partial charge in [-0.15, -0.1) is 5.10 Å². The molecule has 0 saturated carbocycles. The predicted molar refractivity (Wildman–Crippen MR) is 122 cm³/mol. The molecule has 0 unspecified atom stereocenters. The third-order valence-corrected chi connectivity index (χ3v) is 6.26. The third kappa shape index (κ3) is 5.00. The molecule has 0 spiro atoms. The van der Waals surface area contributed by atoms with Crippen LogP contribution in [0.25, 0.3) is 5.69 Å². The Kier molecular flexibility index (Phi) is 6.21. The minimum atomic E-state index is -4.12. The first-order chi connectivity index (χ1) is 16.2. The molecule has 4 aromatic rings. The van der Waals surface area contributed by atoms with Gasteiger partial charge >= 0.3 is 0 Å². The standard InChI is InChI=1S/C20H14ClN7O5S/c21-18-10-9-17(11-19(18)28(30)31)34(32,33)24-15-3-1-13(2-4-15)20(29)23-14-5-7-16(8-6-14)27-12-22-25-26-27/h1-12,24H,(H,23,29). The van der Waals surface area contributed by atoms with Gasteiger partial charge in [-0.1, -0.05) is 11.6 Å². The molecule has 4 rings (SSSR count). The summed E-state index contributed by atoms with van der Waals surface area (Å²) in [6.07, 6.45) is 1.44. The molecule has 3 aromatic carbocycles. The second kappa shape index (κ2) is 9.25. The van der Waals surface area contributed by atoms with Gasteiger partial charge in [0.05, 0.1) is 15.5 Å². The Labute approximate surface area is 197 Å². The summed E-state index contributed by atoms with van der Waals surface area (Å²) >= 11 is 5.73. The number of aromatic nitrogens is 4. The van der Waals surface area contributed by atoms with Crippen molar-refractivity contribution in [1.29, 1.82) is 0 Å². The van der Waals surface area contributed by atoms with Gasteiger partial charge in [0.1, 0.15) is 11.3 Å². The molecule has 12 nitrogen and oxygen atoms in total. The van der Waals surface area contributed by atoms with E-state index >= 15 is 0 Å². The lowest BCUT2D eigenvalue weighted by atomic mass is 10.2. The summed E-state index contributed by atoms with van der Waals surface area (Å²) in [4.78, 5) is 22.4. The number of halogens is 1. The van der Waals surface area contributed by atoms with E-state index in [0.717, 1.165) is 18.2 Å². The highest BCUT2D eigenvalue weighted by molar-refractivity contribution is 7.92. The lowest BCUT2D eigenvalue weighted by Gasteiger charge is -2.10. The fraction of sp³-hybridized carbons (Fsp3) is 0. The quantitative estimate of drug-likeness (QED) is 0.289. The molecule has 1 aromatic heterocycles. The minimum Gasteiger partial charge on any atom is -0.322 e. The number of nitrogens with zero attached hydrogens (tertiary/aromatic N) is 5. The molecule has 0 aliphatic carbocycles. The number of carbonyl (C=O) groups is 1. The normalized spacial score (nSPS) is 11.1. The molecule has 0 bridgehead atoms. The summed E-state index contributed by atoms with van der Waals surface area (Å²) in [5.41, 5.74) is 1.18. The number of carbonyl (C=O) groups excluding carboxylic acids is 1. The monoisotopic (exact) mass is 499 g/mol. The first-order valence-electron chi connectivity index (χ1n) is 9.44. The number of nitro benzene ring substituents is 1. The van der Waals surface area contributed by atoms with Crippen LogP contribution in [0.3, 0.4) is 0 Å². The SMILES string of the molecule is O=C(Nc1ccc(-n2cnnn2)cc1)c1ccc(NS(=O)(=O)c2ccc(Cl)c([N+](=O)[O-])c2)cc1. The smallest absolute Gasteiger partial charge is 0.289 e. The molecule has 0 aliphatic rings. The number of hydrogen-bond acceptors (Lipinski definition) is 8. The molecule has 0 aliphatic heterocycles. The Balaban J connectivity index is 1.44. The van der Waals surface area contributed by atoms with Crippen molar-refractivity contribution in [3.63, 3.8) is 0 Å². The highest BCUT2D eigenvalue weighted by atomic mass is 35.5. The van der Waals surface area contributed by atoms with Gasteiger partial charge in [-0.3, -0.25) is 19.6 Å². The van der Waals surface area contributed by atoms with Crippen LogP contribution in [0.1, 0.15) is 10.4 Å². The number of tetrazole rings is 1. The highest BCUT2D eigenvalue weighted by Crippen LogP contribution is 2.28. The first-order valence-corrected chi connectivity index (χ1v) is 11.3. The Morgan fingerprint density at radius 2 is 1.68 bits per heavy atom. The number of amides is 1. The number of sulfonamides is 1. The van der Waals surface area contributed by atoms with Gasteiger partial charge < -0.3 is 5.32 Å². The van der Waals surface area contributed by atoms with E-state index in [1.807, 2.05) is 0 Å². The molecule has 34 heavy (non-hydrogen) atoms. The van der Waals surface area contributed by atoms with E-state index in [1.165, 1.54) is 35.3 Å². The van der Waals surface area contributed by atoms with Crippen LogP contribution in [-0.2, 0) is 10.0 Å². The minimum absolute atomic E-state index is 0.167. The van der Waals surface area contributed by atoms with Crippen LogP contribution in [0.5, 0.6) is 0 Å². The third-order valence-electron chi connectivity index (χ3n) is 4.56. The van der Waals surface area contributed by atoms with Crippen molar-refractivity contribution in [2.75, 3.05) is 10.0 Å². The summed E-state index contributed by atoms with van der Waals surface area (Å²) in [6.45, 7) is 0. The van der Waals surface area contributed by atoms with Crippen molar-refractivity contribution < 1.29 is 18.1 Å². The van der Waals surface area contributed by atoms with Crippen LogP contribution in [0.4, 0.5) is 17.1 Å². The molecule has 172 valence electrons. The fourth-order valence-corrected chi connectivity index (χ4v) is 4.15. The van der Waals surface area contributed by atoms with Crippen molar-refractivity contribution in [2.24, 2.45) is 0 Å². The molecule has 1 amide bonds. The Bertz CT molecular complexity index is 1460. The van der Waals surface area contributed by atoms with E-state index in [0.29, 0.717) is 11.4 Å². The van der Waals surface area contributed by atoms with Gasteiger partial charge in [0.25, 0.3) is 21.6 Å². The lowest BCUT2D eigenvalue weighted by Crippen LogP contribution is -2.14. The van der Waals surface area contributed by atoms with Crippen LogP contribution in [0.15, 0.2) is 78.0 Å². The maximum absolute atomic E-state index is 12.6. The second-order valence-electron chi connectivity index (χ2n) is 6.81. The van der Waals surface area contributed by atoms with Crippen molar-refractivity contribution in [3.05, 3.63) is 93.8 Å².